The molecular weight excluding hydrogens is 380 g/mol. The number of imide groups is 1. The van der Waals surface area contributed by atoms with Gasteiger partial charge in [0, 0.05) is 24.7 Å². The molecule has 3 amide bonds. The molecule has 28 heavy (non-hydrogen) atoms. The smallest absolute Gasteiger partial charge is 0.294 e. The van der Waals surface area contributed by atoms with E-state index in [0.29, 0.717) is 30.2 Å². The summed E-state index contributed by atoms with van der Waals surface area (Å²) in [5.41, 5.74) is 0.660. The molecule has 0 aliphatic carbocycles. The van der Waals surface area contributed by atoms with Gasteiger partial charge in [0.05, 0.1) is 19.1 Å². The van der Waals surface area contributed by atoms with Crippen LogP contribution in [0.1, 0.15) is 31.2 Å². The highest BCUT2D eigenvalue weighted by molar-refractivity contribution is 8.18. The van der Waals surface area contributed by atoms with Crippen molar-refractivity contribution in [2.45, 2.75) is 25.7 Å². The van der Waals surface area contributed by atoms with Crippen LogP contribution in [0, 0.1) is 0 Å². The number of hydrogen-bond donors (Lipinski definition) is 0. The fraction of sp³-hybridized carbons (Fsp3) is 0.450. The van der Waals surface area contributed by atoms with E-state index >= 15 is 0 Å². The number of rotatable bonds is 5. The van der Waals surface area contributed by atoms with Crippen molar-refractivity contribution in [2.24, 2.45) is 0 Å². The van der Waals surface area contributed by atoms with Gasteiger partial charge < -0.3 is 14.4 Å². The third-order valence-electron chi connectivity index (χ3n) is 4.85. The standard InChI is InChI=1S/C20H24N2O5S/c1-26-15-8-7-14(16(12-15)27-2)11-17-19(24)22(20(25)28-17)13-18(23)21-9-5-3-4-6-10-21/h7-8,11-12H,3-6,9-10,13H2,1-2H3. The predicted molar refractivity (Wildman–Crippen MR) is 107 cm³/mol. The topological polar surface area (TPSA) is 76.2 Å². The molecule has 3 rings (SSSR count). The fourth-order valence-corrected chi connectivity index (χ4v) is 4.10. The molecular formula is C20H24N2O5S. The number of hydrogen-bond acceptors (Lipinski definition) is 6. The monoisotopic (exact) mass is 404 g/mol. The van der Waals surface area contributed by atoms with Gasteiger partial charge >= 0.3 is 0 Å². The first kappa shape index (κ1) is 20.3. The highest BCUT2D eigenvalue weighted by Gasteiger charge is 2.37. The summed E-state index contributed by atoms with van der Waals surface area (Å²) in [6.45, 7) is 1.17. The molecule has 0 bridgehead atoms. The lowest BCUT2D eigenvalue weighted by molar-refractivity contribution is -0.135. The number of likely N-dealkylation sites (tertiary alicyclic amines) is 1. The van der Waals surface area contributed by atoms with Crippen LogP contribution < -0.4 is 9.47 Å². The highest BCUT2D eigenvalue weighted by atomic mass is 32.2. The molecule has 7 nitrogen and oxygen atoms in total. The van der Waals surface area contributed by atoms with Gasteiger partial charge in [0.2, 0.25) is 5.91 Å². The number of thioether (sulfide) groups is 1. The van der Waals surface area contributed by atoms with Gasteiger partial charge in [0.1, 0.15) is 18.0 Å². The van der Waals surface area contributed by atoms with Crippen molar-refractivity contribution in [3.63, 3.8) is 0 Å². The zero-order valence-electron chi connectivity index (χ0n) is 16.1. The number of carbonyl (C=O) groups excluding carboxylic acids is 3. The molecule has 1 aromatic carbocycles. The largest absolute Gasteiger partial charge is 0.497 e. The molecule has 0 saturated carbocycles. The van der Waals surface area contributed by atoms with Crippen LogP contribution in [0.5, 0.6) is 11.5 Å². The summed E-state index contributed by atoms with van der Waals surface area (Å²) in [4.78, 5) is 40.7. The van der Waals surface area contributed by atoms with Gasteiger partial charge in [-0.05, 0) is 42.8 Å². The number of carbonyl (C=O) groups is 3. The molecule has 0 radical (unpaired) electrons. The zero-order valence-corrected chi connectivity index (χ0v) is 16.9. The average Bonchev–Trinajstić information content (AvgIpc) is 2.91. The molecule has 0 unspecified atom stereocenters. The maximum absolute atomic E-state index is 12.7. The van der Waals surface area contributed by atoms with E-state index in [1.54, 1.807) is 36.3 Å². The number of nitrogens with zero attached hydrogens (tertiary/aromatic N) is 2. The van der Waals surface area contributed by atoms with Gasteiger partial charge in [-0.1, -0.05) is 12.8 Å². The van der Waals surface area contributed by atoms with Crippen molar-refractivity contribution in [3.8, 4) is 11.5 Å². The zero-order chi connectivity index (χ0) is 20.1. The molecule has 0 aromatic heterocycles. The Bertz CT molecular complexity index is 800. The fourth-order valence-electron chi connectivity index (χ4n) is 3.27. The van der Waals surface area contributed by atoms with E-state index in [1.807, 2.05) is 0 Å². The second-order valence-electron chi connectivity index (χ2n) is 6.67. The minimum atomic E-state index is -0.448. The Kier molecular flexibility index (Phi) is 6.61. The molecule has 2 aliphatic rings. The van der Waals surface area contributed by atoms with Crippen molar-refractivity contribution in [2.75, 3.05) is 33.9 Å². The Labute approximate surface area is 168 Å². The summed E-state index contributed by atoms with van der Waals surface area (Å²) in [5, 5.41) is -0.424. The van der Waals surface area contributed by atoms with Gasteiger partial charge in [0.25, 0.3) is 11.1 Å². The average molecular weight is 404 g/mol. The van der Waals surface area contributed by atoms with Crippen LogP contribution in [0.2, 0.25) is 0 Å². The van der Waals surface area contributed by atoms with Crippen LogP contribution in [-0.2, 0) is 9.59 Å². The third kappa shape index (κ3) is 4.49. The molecule has 8 heteroatoms. The number of amides is 3. The van der Waals surface area contributed by atoms with Crippen molar-refractivity contribution in [3.05, 3.63) is 28.7 Å². The second-order valence-corrected chi connectivity index (χ2v) is 7.66. The first-order chi connectivity index (χ1) is 13.5. The first-order valence-electron chi connectivity index (χ1n) is 9.28. The number of methoxy groups -OCH3 is 2. The Balaban J connectivity index is 1.74. The van der Waals surface area contributed by atoms with E-state index in [-0.39, 0.29) is 17.4 Å². The molecule has 0 N–H and O–H groups in total. The van der Waals surface area contributed by atoms with Crippen molar-refractivity contribution < 1.29 is 23.9 Å². The van der Waals surface area contributed by atoms with Crippen molar-refractivity contribution >= 4 is 34.9 Å². The summed E-state index contributed by atoms with van der Waals surface area (Å²) in [6.07, 6.45) is 5.75. The minimum absolute atomic E-state index is 0.174. The maximum atomic E-state index is 12.7. The Morgan fingerprint density at radius 1 is 1.11 bits per heavy atom. The van der Waals surface area contributed by atoms with Gasteiger partial charge in [-0.2, -0.15) is 0 Å². The third-order valence-corrected chi connectivity index (χ3v) is 5.76. The summed E-state index contributed by atoms with van der Waals surface area (Å²) in [7, 11) is 3.08. The quantitative estimate of drug-likeness (QED) is 0.702. The van der Waals surface area contributed by atoms with E-state index in [4.69, 9.17) is 9.47 Å². The molecule has 150 valence electrons. The molecule has 2 saturated heterocycles. The predicted octanol–water partition coefficient (Wildman–Crippen LogP) is 3.14. The van der Waals surface area contributed by atoms with E-state index in [1.165, 1.54) is 7.11 Å². The van der Waals surface area contributed by atoms with Gasteiger partial charge in [-0.3, -0.25) is 19.3 Å². The number of ether oxygens (including phenoxy) is 2. The lowest BCUT2D eigenvalue weighted by atomic mass is 10.1. The molecule has 2 aliphatic heterocycles. The van der Waals surface area contributed by atoms with Crippen LogP contribution in [0.3, 0.4) is 0 Å². The van der Waals surface area contributed by atoms with Gasteiger partial charge in [-0.25, -0.2) is 0 Å². The van der Waals surface area contributed by atoms with E-state index in [0.717, 1.165) is 42.3 Å². The molecule has 2 fully saturated rings. The van der Waals surface area contributed by atoms with E-state index < -0.39 is 11.1 Å². The van der Waals surface area contributed by atoms with Crippen LogP contribution in [-0.4, -0.2) is 60.7 Å². The van der Waals surface area contributed by atoms with E-state index in [2.05, 4.69) is 0 Å². The SMILES string of the molecule is COc1ccc(C=C2SC(=O)N(CC(=O)N3CCCCCC3)C2=O)c(OC)c1. The Morgan fingerprint density at radius 3 is 2.46 bits per heavy atom. The van der Waals surface area contributed by atoms with Crippen molar-refractivity contribution in [1.29, 1.82) is 0 Å². The van der Waals surface area contributed by atoms with Crippen LogP contribution in [0.25, 0.3) is 6.08 Å². The van der Waals surface area contributed by atoms with Gasteiger partial charge in [0.15, 0.2) is 0 Å². The highest BCUT2D eigenvalue weighted by Crippen LogP contribution is 2.35. The van der Waals surface area contributed by atoms with Crippen LogP contribution >= 0.6 is 11.8 Å². The maximum Gasteiger partial charge on any atom is 0.294 e. The van der Waals surface area contributed by atoms with Gasteiger partial charge in [-0.15, -0.1) is 0 Å². The second kappa shape index (κ2) is 9.14. The van der Waals surface area contributed by atoms with E-state index in [9.17, 15) is 14.4 Å². The summed E-state index contributed by atoms with van der Waals surface area (Å²) in [5.74, 6) is 0.542. The Hall–Kier alpha value is -2.48. The summed E-state index contributed by atoms with van der Waals surface area (Å²) < 4.78 is 10.5. The molecule has 0 spiro atoms. The summed E-state index contributed by atoms with van der Waals surface area (Å²) in [6, 6.07) is 5.22. The normalized spacial score (nSPS) is 19.1. The molecule has 2 heterocycles. The Morgan fingerprint density at radius 2 is 1.82 bits per heavy atom. The number of benzene rings is 1. The first-order valence-corrected chi connectivity index (χ1v) is 10.1. The lowest BCUT2D eigenvalue weighted by Crippen LogP contribution is -2.42. The van der Waals surface area contributed by atoms with Crippen LogP contribution in [0.4, 0.5) is 4.79 Å². The summed E-state index contributed by atoms with van der Waals surface area (Å²) >= 11 is 0.840. The molecule has 1 aromatic rings. The minimum Gasteiger partial charge on any atom is -0.497 e. The van der Waals surface area contributed by atoms with Crippen LogP contribution in [0.15, 0.2) is 23.1 Å². The molecule has 0 atom stereocenters. The lowest BCUT2D eigenvalue weighted by Gasteiger charge is -2.22. The van der Waals surface area contributed by atoms with Crippen molar-refractivity contribution in [1.82, 2.24) is 9.80 Å².